The largest absolute Gasteiger partial charge is 0.329 e. The molecule has 2 saturated heterocycles. The van der Waals surface area contributed by atoms with Gasteiger partial charge in [0.25, 0.3) is 5.91 Å². The van der Waals surface area contributed by atoms with E-state index in [1.807, 2.05) is 28.0 Å². The number of benzene rings is 1. The van der Waals surface area contributed by atoms with E-state index in [-0.39, 0.29) is 5.91 Å². The fraction of sp³-hybridized carbons (Fsp3) is 0.385. The molecule has 2 fully saturated rings. The number of fused-ring (bicyclic) bond motifs is 1. The highest BCUT2D eigenvalue weighted by atomic mass is 32.2. The van der Waals surface area contributed by atoms with E-state index in [1.54, 1.807) is 0 Å². The Morgan fingerprint density at radius 3 is 2.73 bits per heavy atom. The number of allylic oxidation sites excluding steroid dienone is 3. The van der Waals surface area contributed by atoms with Crippen molar-refractivity contribution in [2.75, 3.05) is 37.8 Å². The topological polar surface area (TPSA) is 36.4 Å². The number of amides is 1. The first-order valence-corrected chi connectivity index (χ1v) is 13.7. The predicted molar refractivity (Wildman–Crippen MR) is 135 cm³/mol. The fourth-order valence-electron chi connectivity index (χ4n) is 5.56. The molecule has 0 saturated carbocycles. The normalized spacial score (nSPS) is 25.4. The molecule has 2 aromatic rings. The van der Waals surface area contributed by atoms with Gasteiger partial charge in [0.2, 0.25) is 0 Å². The van der Waals surface area contributed by atoms with Gasteiger partial charge >= 0.3 is 0 Å². The zero-order chi connectivity index (χ0) is 22.4. The molecule has 6 rings (SSSR count). The van der Waals surface area contributed by atoms with Crippen molar-refractivity contribution in [3.63, 3.8) is 0 Å². The second kappa shape index (κ2) is 8.55. The third kappa shape index (κ3) is 3.71. The highest BCUT2D eigenvalue weighted by Crippen LogP contribution is 2.43. The number of quaternary nitrogens is 1. The molecule has 170 valence electrons. The maximum Gasteiger partial charge on any atom is 0.256 e. The Bertz CT molecular complexity index is 1150. The van der Waals surface area contributed by atoms with Crippen LogP contribution in [0.1, 0.15) is 29.5 Å². The quantitative estimate of drug-likeness (QED) is 0.586. The van der Waals surface area contributed by atoms with Gasteiger partial charge in [-0.05, 0) is 31.4 Å². The van der Waals surface area contributed by atoms with Crippen molar-refractivity contribution in [3.8, 4) is 10.4 Å². The molecule has 7 heteroatoms. The molecule has 5 nitrogen and oxygen atoms in total. The van der Waals surface area contributed by atoms with E-state index >= 15 is 0 Å². The maximum atomic E-state index is 13.1. The SMILES string of the molecule is Cc1nc(C2CCN([N@@+]34C=CC=C3C=C(C(=O)N3CCSC3)C4)CC2)c(-c2ccccc2)s1. The highest BCUT2D eigenvalue weighted by Gasteiger charge is 2.48. The van der Waals surface area contributed by atoms with Gasteiger partial charge in [-0.3, -0.25) is 4.79 Å². The van der Waals surface area contributed by atoms with E-state index in [4.69, 9.17) is 4.98 Å². The first-order chi connectivity index (χ1) is 16.1. The third-order valence-electron chi connectivity index (χ3n) is 7.25. The number of thiazole rings is 1. The number of rotatable bonds is 4. The summed E-state index contributed by atoms with van der Waals surface area (Å²) in [5.41, 5.74) is 4.75. The zero-order valence-electron chi connectivity index (χ0n) is 18.9. The van der Waals surface area contributed by atoms with Crippen LogP contribution in [0.2, 0.25) is 0 Å². The summed E-state index contributed by atoms with van der Waals surface area (Å²) >= 11 is 3.66. The van der Waals surface area contributed by atoms with Gasteiger partial charge in [0.15, 0.2) is 5.70 Å². The molecular weight excluding hydrogens is 448 g/mol. The smallest absolute Gasteiger partial charge is 0.256 e. The Kier molecular flexibility index (Phi) is 5.53. The average Bonchev–Trinajstić information content (AvgIpc) is 3.62. The molecule has 4 aliphatic heterocycles. The first kappa shape index (κ1) is 21.4. The lowest BCUT2D eigenvalue weighted by molar-refractivity contribution is -0.949. The summed E-state index contributed by atoms with van der Waals surface area (Å²) in [7, 11) is 0. The van der Waals surface area contributed by atoms with Gasteiger partial charge in [-0.15, -0.1) is 28.1 Å². The molecule has 0 radical (unpaired) electrons. The molecule has 33 heavy (non-hydrogen) atoms. The predicted octanol–water partition coefficient (Wildman–Crippen LogP) is 4.91. The number of hydrogen-bond acceptors (Lipinski definition) is 5. The molecule has 0 spiro atoms. The van der Waals surface area contributed by atoms with E-state index in [0.29, 0.717) is 10.5 Å². The monoisotopic (exact) mass is 477 g/mol. The number of carbonyl (C=O) groups excluding carboxylic acids is 1. The molecule has 0 bridgehead atoms. The lowest BCUT2D eigenvalue weighted by Gasteiger charge is -2.42. The first-order valence-electron chi connectivity index (χ1n) is 11.8. The van der Waals surface area contributed by atoms with Crippen LogP contribution < -0.4 is 0 Å². The summed E-state index contributed by atoms with van der Waals surface area (Å²) in [5.74, 6) is 2.59. The van der Waals surface area contributed by atoms with Crippen molar-refractivity contribution in [1.82, 2.24) is 14.9 Å². The van der Waals surface area contributed by atoms with E-state index < -0.39 is 0 Å². The molecule has 1 aromatic heterocycles. The number of carbonyl (C=O) groups is 1. The third-order valence-corrected chi connectivity index (χ3v) is 9.26. The summed E-state index contributed by atoms with van der Waals surface area (Å²) < 4.78 is 0.691. The fourth-order valence-corrected chi connectivity index (χ4v) is 7.52. The molecule has 0 N–H and O–H groups in total. The van der Waals surface area contributed by atoms with Crippen LogP contribution in [0.5, 0.6) is 0 Å². The average molecular weight is 478 g/mol. The van der Waals surface area contributed by atoms with Crippen LogP contribution >= 0.6 is 23.1 Å². The molecule has 1 aromatic carbocycles. The number of hydrogen-bond donors (Lipinski definition) is 0. The molecule has 1 atom stereocenters. The van der Waals surface area contributed by atoms with Crippen molar-refractivity contribution >= 4 is 29.0 Å². The summed E-state index contributed by atoms with van der Waals surface area (Å²) in [6, 6.07) is 10.7. The summed E-state index contributed by atoms with van der Waals surface area (Å²) in [6.45, 7) is 5.75. The Morgan fingerprint density at radius 2 is 1.97 bits per heavy atom. The summed E-state index contributed by atoms with van der Waals surface area (Å²) in [6.07, 6.45) is 10.9. The number of aryl methyl sites for hydroxylation is 1. The van der Waals surface area contributed by atoms with Gasteiger partial charge in [-0.2, -0.15) is 4.59 Å². The van der Waals surface area contributed by atoms with Crippen molar-refractivity contribution in [1.29, 1.82) is 0 Å². The van der Waals surface area contributed by atoms with Gasteiger partial charge in [0, 0.05) is 43.5 Å². The van der Waals surface area contributed by atoms with Gasteiger partial charge in [-0.25, -0.2) is 4.98 Å². The van der Waals surface area contributed by atoms with Crippen LogP contribution in [0.15, 0.2) is 66.0 Å². The van der Waals surface area contributed by atoms with Crippen LogP contribution in [0.4, 0.5) is 0 Å². The highest BCUT2D eigenvalue weighted by molar-refractivity contribution is 7.99. The number of nitrogens with zero attached hydrogens (tertiary/aromatic N) is 4. The van der Waals surface area contributed by atoms with E-state index in [9.17, 15) is 4.79 Å². The minimum Gasteiger partial charge on any atom is -0.329 e. The van der Waals surface area contributed by atoms with Crippen molar-refractivity contribution < 1.29 is 9.39 Å². The Morgan fingerprint density at radius 1 is 1.15 bits per heavy atom. The summed E-state index contributed by atoms with van der Waals surface area (Å²) in [5, 5.41) is 3.70. The molecule has 4 aliphatic rings. The van der Waals surface area contributed by atoms with Crippen molar-refractivity contribution in [3.05, 3.63) is 76.7 Å². The van der Waals surface area contributed by atoms with Crippen LogP contribution in [0.3, 0.4) is 0 Å². The number of aromatic nitrogens is 1. The van der Waals surface area contributed by atoms with Crippen LogP contribution in [-0.2, 0) is 4.79 Å². The standard InChI is InChI=1S/C26H29N4OS2/c1-19-27-24(25(33-19)21-6-3-2-4-7-21)20-9-11-29(12-10-20)30-14-5-8-23(30)16-22(17-30)26(31)28-13-15-32-18-28/h2-8,14,16,20H,9-13,15,17-18H2,1H3/q+1/t30-/m1/s1. The van der Waals surface area contributed by atoms with E-state index in [2.05, 4.69) is 66.7 Å². The number of thioether (sulfide) groups is 1. The van der Waals surface area contributed by atoms with Gasteiger partial charge in [0.05, 0.1) is 27.0 Å². The second-order valence-electron chi connectivity index (χ2n) is 9.23. The number of piperidine rings is 1. The Hall–Kier alpha value is -2.19. The molecule has 0 aliphatic carbocycles. The van der Waals surface area contributed by atoms with Crippen LogP contribution in [0, 0.1) is 6.92 Å². The molecule has 5 heterocycles. The lowest BCUT2D eigenvalue weighted by atomic mass is 9.92. The zero-order valence-corrected chi connectivity index (χ0v) is 20.6. The van der Waals surface area contributed by atoms with Gasteiger partial charge in [-0.1, -0.05) is 30.3 Å². The maximum absolute atomic E-state index is 13.1. The second-order valence-corrected chi connectivity index (χ2v) is 11.5. The van der Waals surface area contributed by atoms with Gasteiger partial charge in [0.1, 0.15) is 12.7 Å². The Labute approximate surface area is 203 Å². The van der Waals surface area contributed by atoms with E-state index in [1.165, 1.54) is 21.8 Å². The van der Waals surface area contributed by atoms with Crippen LogP contribution in [0.25, 0.3) is 10.4 Å². The molecule has 1 amide bonds. The Balaban J connectivity index is 1.18. The minimum atomic E-state index is 0.224. The summed E-state index contributed by atoms with van der Waals surface area (Å²) in [4.78, 5) is 21.4. The minimum absolute atomic E-state index is 0.224. The van der Waals surface area contributed by atoms with E-state index in [0.717, 1.165) is 61.2 Å². The lowest BCUT2D eigenvalue weighted by Crippen LogP contribution is -2.56. The molecule has 0 unspecified atom stereocenters. The molecular formula is C26H29N4OS2+. The van der Waals surface area contributed by atoms with Crippen LogP contribution in [-0.4, -0.2) is 63.2 Å². The van der Waals surface area contributed by atoms with Crippen molar-refractivity contribution in [2.45, 2.75) is 25.7 Å². The van der Waals surface area contributed by atoms with Gasteiger partial charge < -0.3 is 4.90 Å². The van der Waals surface area contributed by atoms with Crippen molar-refractivity contribution in [2.24, 2.45) is 0 Å².